The van der Waals surface area contributed by atoms with Crippen LogP contribution in [0.15, 0.2) is 81.2 Å². The van der Waals surface area contributed by atoms with E-state index >= 15 is 0 Å². The van der Waals surface area contributed by atoms with Crippen molar-refractivity contribution in [1.29, 1.82) is 0 Å². The van der Waals surface area contributed by atoms with Crippen LogP contribution in [0.25, 0.3) is 0 Å². The zero-order valence-corrected chi connectivity index (χ0v) is 21.0. The molecule has 1 fully saturated rings. The Morgan fingerprint density at radius 1 is 1.03 bits per heavy atom. The molecule has 0 bridgehead atoms. The molecule has 192 valence electrons. The van der Waals surface area contributed by atoms with Crippen molar-refractivity contribution < 1.29 is 28.3 Å². The molecule has 4 heterocycles. The molecule has 3 amide bonds. The highest BCUT2D eigenvalue weighted by Crippen LogP contribution is 2.53. The fraction of sp³-hybridized carbons (Fsp3) is 0.154. The Hall–Kier alpha value is -4.16. The lowest BCUT2D eigenvalue weighted by atomic mass is 9.87. The number of aromatic nitrogens is 1. The van der Waals surface area contributed by atoms with Crippen LogP contribution in [0.1, 0.15) is 16.6 Å². The van der Waals surface area contributed by atoms with E-state index in [1.807, 2.05) is 0 Å². The number of nitrogens with zero attached hydrogens (tertiary/aromatic N) is 2. The topological polar surface area (TPSA) is 122 Å². The molecule has 3 atom stereocenters. The van der Waals surface area contributed by atoms with E-state index in [1.54, 1.807) is 12.1 Å². The molecule has 0 aliphatic carbocycles. The number of hydrogen-bond donors (Lipinski definition) is 2. The number of thiazole rings is 1. The summed E-state index contributed by atoms with van der Waals surface area (Å²) in [6.07, 6.45) is 1.45. The van der Waals surface area contributed by atoms with Crippen LogP contribution in [0.3, 0.4) is 0 Å². The van der Waals surface area contributed by atoms with Crippen molar-refractivity contribution in [2.24, 2.45) is 5.92 Å². The van der Waals surface area contributed by atoms with Crippen LogP contribution in [0.4, 0.5) is 15.8 Å². The van der Waals surface area contributed by atoms with E-state index in [1.165, 1.54) is 59.4 Å². The zero-order chi connectivity index (χ0) is 26.6. The molecule has 2 aromatic heterocycles. The number of imide groups is 1. The fourth-order valence-corrected chi connectivity index (χ4v) is 7.52. The minimum absolute atomic E-state index is 0.0477. The fourth-order valence-electron chi connectivity index (χ4n) is 4.76. The zero-order valence-electron chi connectivity index (χ0n) is 19.4. The highest BCUT2D eigenvalue weighted by atomic mass is 32.2. The van der Waals surface area contributed by atoms with Crippen molar-refractivity contribution in [3.63, 3.8) is 0 Å². The Labute approximate surface area is 222 Å². The summed E-state index contributed by atoms with van der Waals surface area (Å²) in [5.41, 5.74) is 0.696. The first-order chi connectivity index (χ1) is 18.3. The lowest BCUT2D eigenvalue weighted by Gasteiger charge is -2.29. The third kappa shape index (κ3) is 4.02. The number of carbonyl (C=O) groups is 3. The molecular formula is C26H18FN3O6S2. The van der Waals surface area contributed by atoms with Gasteiger partial charge in [0.15, 0.2) is 0 Å². The van der Waals surface area contributed by atoms with Crippen LogP contribution >= 0.6 is 23.1 Å². The molecule has 3 unspecified atom stereocenters. The highest BCUT2D eigenvalue weighted by molar-refractivity contribution is 8.00. The number of thioether (sulfide) groups is 1. The second-order valence-corrected chi connectivity index (χ2v) is 10.9. The summed E-state index contributed by atoms with van der Waals surface area (Å²) in [6.45, 7) is -0.315. The largest absolute Gasteiger partial charge is 0.508 e. The second-order valence-electron chi connectivity index (χ2n) is 8.76. The molecule has 4 aromatic rings. The third-order valence-corrected chi connectivity index (χ3v) is 9.04. The molecule has 0 saturated carbocycles. The molecule has 2 aliphatic heterocycles. The van der Waals surface area contributed by atoms with E-state index in [0.717, 1.165) is 28.0 Å². The number of phenolic OH excluding ortho intramolecular Hbond substituents is 1. The van der Waals surface area contributed by atoms with Crippen molar-refractivity contribution in [3.8, 4) is 5.75 Å². The first-order valence-electron chi connectivity index (χ1n) is 11.5. The molecule has 12 heteroatoms. The van der Waals surface area contributed by atoms with Gasteiger partial charge in [0.25, 0.3) is 0 Å². The summed E-state index contributed by atoms with van der Waals surface area (Å²) in [5, 5.41) is 11.7. The van der Waals surface area contributed by atoms with Gasteiger partial charge in [0.1, 0.15) is 29.1 Å². The first-order valence-corrected chi connectivity index (χ1v) is 13.2. The van der Waals surface area contributed by atoms with E-state index in [0.29, 0.717) is 21.4 Å². The molecule has 6 rings (SSSR count). The van der Waals surface area contributed by atoms with Gasteiger partial charge in [-0.3, -0.25) is 23.7 Å². The molecule has 2 aromatic carbocycles. The van der Waals surface area contributed by atoms with Crippen molar-refractivity contribution in [3.05, 3.63) is 93.0 Å². The van der Waals surface area contributed by atoms with Gasteiger partial charge >= 0.3 is 4.87 Å². The van der Waals surface area contributed by atoms with Crippen molar-refractivity contribution in [1.82, 2.24) is 4.57 Å². The summed E-state index contributed by atoms with van der Waals surface area (Å²) >= 11 is 1.98. The molecule has 2 N–H and O–H groups in total. The Kier molecular flexibility index (Phi) is 5.92. The van der Waals surface area contributed by atoms with Gasteiger partial charge in [-0.15, -0.1) is 0 Å². The van der Waals surface area contributed by atoms with Crippen molar-refractivity contribution >= 4 is 52.2 Å². The molecule has 0 spiro atoms. The minimum Gasteiger partial charge on any atom is -0.508 e. The van der Waals surface area contributed by atoms with Crippen LogP contribution in [0.5, 0.6) is 5.75 Å². The van der Waals surface area contributed by atoms with Gasteiger partial charge in [0.2, 0.25) is 17.7 Å². The summed E-state index contributed by atoms with van der Waals surface area (Å²) in [5.74, 6) is -3.03. The number of hydrogen-bond acceptors (Lipinski definition) is 8. The van der Waals surface area contributed by atoms with Crippen LogP contribution in [0.2, 0.25) is 0 Å². The summed E-state index contributed by atoms with van der Waals surface area (Å²) in [4.78, 5) is 54.2. The normalized spacial score (nSPS) is 20.3. The van der Waals surface area contributed by atoms with Gasteiger partial charge in [-0.1, -0.05) is 23.1 Å². The second kappa shape index (κ2) is 9.30. The molecular weight excluding hydrogens is 533 g/mol. The van der Waals surface area contributed by atoms with Crippen molar-refractivity contribution in [2.75, 3.05) is 10.2 Å². The van der Waals surface area contributed by atoms with Gasteiger partial charge in [-0.2, -0.15) is 0 Å². The van der Waals surface area contributed by atoms with Gasteiger partial charge < -0.3 is 14.8 Å². The number of halogens is 1. The van der Waals surface area contributed by atoms with Gasteiger partial charge in [0, 0.05) is 5.69 Å². The maximum Gasteiger partial charge on any atom is 0.308 e. The Balaban J connectivity index is 1.38. The highest BCUT2D eigenvalue weighted by Gasteiger charge is 2.57. The van der Waals surface area contributed by atoms with E-state index < -0.39 is 45.5 Å². The summed E-state index contributed by atoms with van der Waals surface area (Å²) in [7, 11) is 0. The summed E-state index contributed by atoms with van der Waals surface area (Å²) < 4.78 is 20.5. The van der Waals surface area contributed by atoms with Crippen LogP contribution < -0.4 is 15.1 Å². The average molecular weight is 552 g/mol. The van der Waals surface area contributed by atoms with E-state index in [9.17, 15) is 28.7 Å². The maximum atomic E-state index is 13.6. The first kappa shape index (κ1) is 24.2. The number of nitrogens with one attached hydrogen (secondary N) is 1. The lowest BCUT2D eigenvalue weighted by Crippen LogP contribution is -2.32. The minimum atomic E-state index is -0.879. The standard InChI is InChI=1S/C26H18FN3O6S2/c27-13-3-7-15(8-4-13)30-23(33)20-19(17-2-1-11-36-17)22-25(37-21(20)24(30)34)29(26(35)38-22)12-18(32)28-14-5-9-16(31)10-6-14/h1-11,19-21,31H,12H2,(H,28,32). The Morgan fingerprint density at radius 3 is 2.45 bits per heavy atom. The number of carbonyl (C=O) groups excluding carboxylic acids is 3. The molecule has 9 nitrogen and oxygen atoms in total. The summed E-state index contributed by atoms with van der Waals surface area (Å²) in [6, 6.07) is 14.3. The average Bonchev–Trinajstić information content (AvgIpc) is 3.59. The maximum absolute atomic E-state index is 13.6. The number of anilines is 2. The number of amides is 3. The van der Waals surface area contributed by atoms with E-state index in [2.05, 4.69) is 5.32 Å². The molecule has 1 saturated heterocycles. The van der Waals surface area contributed by atoms with Gasteiger partial charge in [-0.05, 0) is 60.7 Å². The van der Waals surface area contributed by atoms with Crippen LogP contribution in [0, 0.1) is 11.7 Å². The predicted octanol–water partition coefficient (Wildman–Crippen LogP) is 3.78. The molecule has 2 aliphatic rings. The van der Waals surface area contributed by atoms with Crippen molar-refractivity contribution in [2.45, 2.75) is 22.7 Å². The number of fused-ring (bicyclic) bond motifs is 2. The molecule has 38 heavy (non-hydrogen) atoms. The van der Waals surface area contributed by atoms with Gasteiger partial charge in [0.05, 0.1) is 33.7 Å². The smallest absolute Gasteiger partial charge is 0.308 e. The van der Waals surface area contributed by atoms with E-state index in [4.69, 9.17) is 4.42 Å². The molecule has 0 radical (unpaired) electrons. The number of benzene rings is 2. The van der Waals surface area contributed by atoms with Crippen LogP contribution in [-0.4, -0.2) is 32.6 Å². The third-order valence-electron chi connectivity index (χ3n) is 6.44. The number of rotatable bonds is 5. The Morgan fingerprint density at radius 2 is 1.76 bits per heavy atom. The number of phenols is 1. The monoisotopic (exact) mass is 551 g/mol. The number of aromatic hydroxyl groups is 1. The Bertz CT molecular complexity index is 1610. The van der Waals surface area contributed by atoms with Crippen LogP contribution in [-0.2, 0) is 20.9 Å². The van der Waals surface area contributed by atoms with E-state index in [-0.39, 0.29) is 18.0 Å². The quantitative estimate of drug-likeness (QED) is 0.286. The lowest BCUT2D eigenvalue weighted by molar-refractivity contribution is -0.122. The predicted molar refractivity (Wildman–Crippen MR) is 138 cm³/mol. The van der Waals surface area contributed by atoms with Gasteiger partial charge in [-0.25, -0.2) is 9.29 Å². The SMILES string of the molecule is O=C(Cn1c2c(sc1=O)C(c1ccco1)C1C(=O)N(c3ccc(F)cc3)C(=O)C1S2)Nc1ccc(O)cc1. The number of furan rings is 1.